The minimum absolute atomic E-state index is 0.0472. The van der Waals surface area contributed by atoms with Crippen LogP contribution in [0.2, 0.25) is 0 Å². The number of alkyl halides is 3. The van der Waals surface area contributed by atoms with E-state index in [0.717, 1.165) is 18.8 Å². The molecule has 6 nitrogen and oxygen atoms in total. The average Bonchev–Trinajstić information content (AvgIpc) is 2.48. The molecule has 0 unspecified atom stereocenters. The van der Waals surface area contributed by atoms with Gasteiger partial charge in [-0.05, 0) is 12.5 Å². The zero-order chi connectivity index (χ0) is 16.6. The van der Waals surface area contributed by atoms with E-state index in [4.69, 9.17) is 5.41 Å². The molecule has 0 saturated heterocycles. The van der Waals surface area contributed by atoms with Crippen LogP contribution in [0.15, 0.2) is 24.5 Å². The number of hydrogen-bond donors (Lipinski definition) is 2. The Morgan fingerprint density at radius 2 is 2.00 bits per heavy atom. The normalized spacial score (nSPS) is 11.5. The zero-order valence-electron chi connectivity index (χ0n) is 11.8. The summed E-state index contributed by atoms with van der Waals surface area (Å²) >= 11 is 0. The van der Waals surface area contributed by atoms with Gasteiger partial charge in [-0.3, -0.25) is 4.79 Å². The molecular weight excluding hydrogens is 301 g/mol. The minimum Gasteiger partial charge on any atom is -0.454 e. The second-order valence-corrected chi connectivity index (χ2v) is 4.20. The van der Waals surface area contributed by atoms with Crippen molar-refractivity contribution in [3.8, 4) is 6.01 Å². The molecule has 2 N–H and O–H groups in total. The lowest BCUT2D eigenvalue weighted by atomic mass is 10.2. The predicted octanol–water partition coefficient (Wildman–Crippen LogP) is 1.87. The highest BCUT2D eigenvalue weighted by atomic mass is 19.4. The van der Waals surface area contributed by atoms with Crippen molar-refractivity contribution < 1.29 is 22.7 Å². The van der Waals surface area contributed by atoms with Crippen LogP contribution in [-0.4, -0.2) is 40.9 Å². The van der Waals surface area contributed by atoms with Gasteiger partial charge in [0, 0.05) is 30.6 Å². The lowest BCUT2D eigenvalue weighted by Gasteiger charge is -2.07. The Balaban J connectivity index is 2.57. The summed E-state index contributed by atoms with van der Waals surface area (Å²) in [6, 6.07) is -0.432. The van der Waals surface area contributed by atoms with Crippen molar-refractivity contribution in [2.75, 3.05) is 13.2 Å². The van der Waals surface area contributed by atoms with Gasteiger partial charge >= 0.3 is 12.2 Å². The summed E-state index contributed by atoms with van der Waals surface area (Å²) in [6.45, 7) is 0.956. The monoisotopic (exact) mass is 316 g/mol. The molecule has 0 saturated carbocycles. The first-order valence-electron chi connectivity index (χ1n) is 6.38. The lowest BCUT2D eigenvalue weighted by Crippen LogP contribution is -2.21. The minimum atomic E-state index is -4.47. The van der Waals surface area contributed by atoms with E-state index in [1.165, 1.54) is 12.2 Å². The molecule has 0 aliphatic rings. The molecule has 0 fully saturated rings. The second-order valence-electron chi connectivity index (χ2n) is 4.20. The summed E-state index contributed by atoms with van der Waals surface area (Å²) < 4.78 is 40.2. The van der Waals surface area contributed by atoms with Crippen molar-refractivity contribution in [1.82, 2.24) is 15.3 Å². The van der Waals surface area contributed by atoms with Crippen molar-refractivity contribution in [3.63, 3.8) is 0 Å². The number of carbonyl (C=O) groups is 1. The van der Waals surface area contributed by atoms with E-state index in [9.17, 15) is 18.0 Å². The van der Waals surface area contributed by atoms with Crippen molar-refractivity contribution in [3.05, 3.63) is 30.1 Å². The fourth-order valence-corrected chi connectivity index (χ4v) is 1.24. The molecule has 22 heavy (non-hydrogen) atoms. The van der Waals surface area contributed by atoms with E-state index in [2.05, 4.69) is 20.0 Å². The summed E-state index contributed by atoms with van der Waals surface area (Å²) in [5.74, 6) is -0.336. The lowest BCUT2D eigenvalue weighted by molar-refractivity contribution is -0.154. The molecule has 120 valence electrons. The molecule has 1 amide bonds. The highest BCUT2D eigenvalue weighted by Crippen LogP contribution is 2.15. The predicted molar refractivity (Wildman–Crippen MR) is 72.9 cm³/mol. The number of halogens is 3. The van der Waals surface area contributed by atoms with Crippen LogP contribution < -0.4 is 10.1 Å². The third-order valence-corrected chi connectivity index (χ3v) is 2.25. The van der Waals surface area contributed by atoms with Gasteiger partial charge < -0.3 is 15.5 Å². The third kappa shape index (κ3) is 6.82. The Hall–Kier alpha value is -2.45. The molecule has 0 bridgehead atoms. The van der Waals surface area contributed by atoms with E-state index in [0.29, 0.717) is 6.54 Å². The van der Waals surface area contributed by atoms with Gasteiger partial charge in [-0.1, -0.05) is 6.92 Å². The number of nitrogens with one attached hydrogen (secondary N) is 2. The first-order chi connectivity index (χ1) is 10.3. The first kappa shape index (κ1) is 17.6. The van der Waals surface area contributed by atoms with Gasteiger partial charge in [-0.25, -0.2) is 9.97 Å². The molecule has 9 heteroatoms. The van der Waals surface area contributed by atoms with E-state index in [1.54, 1.807) is 0 Å². The summed E-state index contributed by atoms with van der Waals surface area (Å²) in [6.07, 6.45) is 1.06. The van der Waals surface area contributed by atoms with Crippen LogP contribution in [0.25, 0.3) is 0 Å². The molecule has 0 radical (unpaired) electrons. The number of ether oxygens (including phenoxy) is 1. The van der Waals surface area contributed by atoms with Gasteiger partial charge in [-0.2, -0.15) is 13.2 Å². The van der Waals surface area contributed by atoms with E-state index >= 15 is 0 Å². The Morgan fingerprint density at radius 1 is 1.36 bits per heavy atom. The number of carbonyl (C=O) groups excluding carboxylic acids is 1. The highest BCUT2D eigenvalue weighted by molar-refractivity contribution is 6.08. The maximum atomic E-state index is 12.0. The van der Waals surface area contributed by atoms with Gasteiger partial charge in [0.15, 0.2) is 6.61 Å². The number of nitrogens with zero attached hydrogens (tertiary/aromatic N) is 2. The molecule has 1 aromatic heterocycles. The van der Waals surface area contributed by atoms with Crippen LogP contribution in [0.3, 0.4) is 0 Å². The average molecular weight is 316 g/mol. The summed E-state index contributed by atoms with van der Waals surface area (Å²) in [4.78, 5) is 18.5. The van der Waals surface area contributed by atoms with Crippen LogP contribution in [0.1, 0.15) is 18.9 Å². The molecule has 1 aromatic rings. The van der Waals surface area contributed by atoms with E-state index in [1.807, 2.05) is 6.92 Å². The molecule has 0 spiro atoms. The number of rotatable bonds is 7. The quantitative estimate of drug-likeness (QED) is 0.594. The van der Waals surface area contributed by atoms with Crippen LogP contribution >= 0.6 is 0 Å². The van der Waals surface area contributed by atoms with Gasteiger partial charge in [-0.15, -0.1) is 0 Å². The van der Waals surface area contributed by atoms with Gasteiger partial charge in [0.1, 0.15) is 0 Å². The first-order valence-corrected chi connectivity index (χ1v) is 6.38. The standard InChI is InChI=1S/C13H15F3N4O2/c1-2-5-18-11(21)4-3-10(17)9-6-19-12(20-7-9)22-8-13(14,15)16/h3-4,6-7,17H,2,5,8H2,1H3,(H,18,21)/b4-3-,17-10?. The third-order valence-electron chi connectivity index (χ3n) is 2.25. The molecule has 0 aliphatic carbocycles. The van der Waals surface area contributed by atoms with Gasteiger partial charge in [0.25, 0.3) is 0 Å². The maximum absolute atomic E-state index is 12.0. The Morgan fingerprint density at radius 3 is 2.55 bits per heavy atom. The molecular formula is C13H15F3N4O2. The smallest absolute Gasteiger partial charge is 0.422 e. The van der Waals surface area contributed by atoms with Crippen LogP contribution in [-0.2, 0) is 4.79 Å². The van der Waals surface area contributed by atoms with Crippen LogP contribution in [0.4, 0.5) is 13.2 Å². The zero-order valence-corrected chi connectivity index (χ0v) is 11.8. The SMILES string of the molecule is CCCNC(=O)/C=C\C(=N)c1cnc(OCC(F)(F)F)nc1. The molecule has 1 rings (SSSR count). The molecule has 0 aromatic carbocycles. The topological polar surface area (TPSA) is 88.0 Å². The van der Waals surface area contributed by atoms with Gasteiger partial charge in [0.2, 0.25) is 5.91 Å². The molecule has 0 aliphatic heterocycles. The fourth-order valence-electron chi connectivity index (χ4n) is 1.24. The maximum Gasteiger partial charge on any atom is 0.422 e. The molecule has 0 atom stereocenters. The fraction of sp³-hybridized carbons (Fsp3) is 0.385. The van der Waals surface area contributed by atoms with Crippen LogP contribution in [0, 0.1) is 5.41 Å². The Kier molecular flexibility index (Phi) is 6.48. The number of hydrogen-bond acceptors (Lipinski definition) is 5. The second kappa shape index (κ2) is 8.11. The van der Waals surface area contributed by atoms with Crippen molar-refractivity contribution >= 4 is 11.6 Å². The van der Waals surface area contributed by atoms with E-state index < -0.39 is 18.8 Å². The Labute approximate surface area is 124 Å². The number of aromatic nitrogens is 2. The van der Waals surface area contributed by atoms with Crippen LogP contribution in [0.5, 0.6) is 6.01 Å². The van der Waals surface area contributed by atoms with Crippen molar-refractivity contribution in [2.24, 2.45) is 0 Å². The summed E-state index contributed by atoms with van der Waals surface area (Å²) in [5, 5.41) is 10.3. The highest BCUT2D eigenvalue weighted by Gasteiger charge is 2.28. The van der Waals surface area contributed by atoms with Gasteiger partial charge in [0.05, 0.1) is 5.71 Å². The Bertz CT molecular complexity index is 541. The summed E-state index contributed by atoms with van der Waals surface area (Å²) in [5.41, 5.74) is 0.202. The van der Waals surface area contributed by atoms with Crippen molar-refractivity contribution in [1.29, 1.82) is 5.41 Å². The largest absolute Gasteiger partial charge is 0.454 e. The number of amides is 1. The van der Waals surface area contributed by atoms with Crippen molar-refractivity contribution in [2.45, 2.75) is 19.5 Å². The van der Waals surface area contributed by atoms with E-state index in [-0.39, 0.29) is 17.2 Å². The molecule has 1 heterocycles. The number of allylic oxidation sites excluding steroid dienone is 1. The summed E-state index contributed by atoms with van der Waals surface area (Å²) in [7, 11) is 0.